The second-order valence-electron chi connectivity index (χ2n) is 6.20. The van der Waals surface area contributed by atoms with Crippen molar-refractivity contribution in [2.75, 3.05) is 19.6 Å². The molecule has 2 heterocycles. The lowest BCUT2D eigenvalue weighted by Gasteiger charge is -2.38. The number of fused-ring (bicyclic) bond motifs is 1. The van der Waals surface area contributed by atoms with Gasteiger partial charge in [0.1, 0.15) is 6.04 Å². The molecule has 0 N–H and O–H groups in total. The van der Waals surface area contributed by atoms with E-state index in [1.54, 1.807) is 4.90 Å². The minimum Gasteiger partial charge on any atom is -0.341 e. The highest BCUT2D eigenvalue weighted by Crippen LogP contribution is 2.32. The number of nitrogens with zero attached hydrogens (tertiary/aromatic N) is 2. The molecular formula is C18H24N2O2. The van der Waals surface area contributed by atoms with Crippen LogP contribution in [0.5, 0.6) is 0 Å². The number of likely N-dealkylation sites (N-methyl/N-ethyl adjacent to an activating group) is 1. The number of carbonyl (C=O) groups is 2. The van der Waals surface area contributed by atoms with Gasteiger partial charge in [-0.3, -0.25) is 9.59 Å². The van der Waals surface area contributed by atoms with Crippen molar-refractivity contribution in [3.8, 4) is 0 Å². The van der Waals surface area contributed by atoms with Crippen molar-refractivity contribution >= 4 is 11.8 Å². The summed E-state index contributed by atoms with van der Waals surface area (Å²) in [6, 6.07) is 7.46. The molecule has 2 aliphatic rings. The Kier molecular flexibility index (Phi) is 4.46. The molecule has 2 amide bonds. The minimum absolute atomic E-state index is 0.0642. The quantitative estimate of drug-likeness (QED) is 0.842. The fourth-order valence-corrected chi connectivity index (χ4v) is 3.63. The third-order valence-electron chi connectivity index (χ3n) is 4.82. The van der Waals surface area contributed by atoms with E-state index >= 15 is 0 Å². The topological polar surface area (TPSA) is 40.6 Å². The van der Waals surface area contributed by atoms with Crippen LogP contribution < -0.4 is 0 Å². The van der Waals surface area contributed by atoms with E-state index in [0.29, 0.717) is 13.0 Å². The van der Waals surface area contributed by atoms with Gasteiger partial charge in [0, 0.05) is 19.6 Å². The van der Waals surface area contributed by atoms with E-state index in [1.165, 1.54) is 12.8 Å². The molecule has 0 radical (unpaired) electrons. The third kappa shape index (κ3) is 2.74. The molecule has 1 atom stereocenters. The minimum atomic E-state index is -0.430. The first kappa shape index (κ1) is 15.1. The van der Waals surface area contributed by atoms with Crippen molar-refractivity contribution in [1.29, 1.82) is 0 Å². The van der Waals surface area contributed by atoms with Gasteiger partial charge in [-0.2, -0.15) is 0 Å². The van der Waals surface area contributed by atoms with Crippen molar-refractivity contribution < 1.29 is 9.59 Å². The maximum absolute atomic E-state index is 13.1. The van der Waals surface area contributed by atoms with E-state index in [2.05, 4.69) is 0 Å². The Hall–Kier alpha value is -1.84. The van der Waals surface area contributed by atoms with Crippen LogP contribution in [0.3, 0.4) is 0 Å². The molecule has 1 aromatic carbocycles. The maximum atomic E-state index is 13.1. The molecule has 1 aromatic rings. The Balaban J connectivity index is 1.94. The third-order valence-corrected chi connectivity index (χ3v) is 4.82. The Bertz CT molecular complexity index is 562. The van der Waals surface area contributed by atoms with E-state index in [0.717, 1.165) is 37.1 Å². The lowest BCUT2D eigenvalue weighted by Crippen LogP contribution is -2.48. The molecule has 0 saturated carbocycles. The van der Waals surface area contributed by atoms with Crippen LogP contribution in [0.1, 0.15) is 49.8 Å². The number of amides is 2. The van der Waals surface area contributed by atoms with Crippen LogP contribution in [-0.4, -0.2) is 41.2 Å². The molecule has 4 nitrogen and oxygen atoms in total. The van der Waals surface area contributed by atoms with Crippen molar-refractivity contribution in [2.24, 2.45) is 0 Å². The van der Waals surface area contributed by atoms with E-state index in [4.69, 9.17) is 0 Å². The summed E-state index contributed by atoms with van der Waals surface area (Å²) >= 11 is 0. The monoisotopic (exact) mass is 300 g/mol. The lowest BCUT2D eigenvalue weighted by atomic mass is 9.91. The molecule has 4 heteroatoms. The second-order valence-corrected chi connectivity index (χ2v) is 6.20. The molecule has 0 aliphatic carbocycles. The van der Waals surface area contributed by atoms with Crippen molar-refractivity contribution in [2.45, 2.75) is 45.1 Å². The average molecular weight is 300 g/mol. The summed E-state index contributed by atoms with van der Waals surface area (Å²) in [5.74, 6) is 0.165. The second kappa shape index (κ2) is 6.51. The van der Waals surface area contributed by atoms with Crippen LogP contribution in [0.15, 0.2) is 24.3 Å². The Morgan fingerprint density at radius 2 is 1.82 bits per heavy atom. The summed E-state index contributed by atoms with van der Waals surface area (Å²) in [7, 11) is 0. The van der Waals surface area contributed by atoms with E-state index in [-0.39, 0.29) is 11.8 Å². The average Bonchev–Trinajstić information content (AvgIpc) is 2.82. The molecule has 0 spiro atoms. The highest BCUT2D eigenvalue weighted by molar-refractivity contribution is 5.92. The van der Waals surface area contributed by atoms with Gasteiger partial charge in [-0.15, -0.1) is 0 Å². The number of benzene rings is 1. The zero-order valence-electron chi connectivity index (χ0n) is 13.3. The van der Waals surface area contributed by atoms with Crippen LogP contribution in [0.25, 0.3) is 0 Å². The van der Waals surface area contributed by atoms with Gasteiger partial charge in [0.15, 0.2) is 0 Å². The number of carbonyl (C=O) groups excluding carboxylic acids is 2. The zero-order valence-corrected chi connectivity index (χ0v) is 13.3. The summed E-state index contributed by atoms with van der Waals surface area (Å²) in [4.78, 5) is 29.2. The SMILES string of the molecule is CCN1C(=O)Cc2ccccc2C1C(=O)N1CCCCCC1. The standard InChI is InChI=1S/C18H24N2O2/c1-2-20-16(21)13-14-9-5-6-10-15(14)17(20)18(22)19-11-7-3-4-8-12-19/h5-6,9-10,17H,2-4,7-8,11-13H2,1H3. The number of hydrogen-bond acceptors (Lipinski definition) is 2. The van der Waals surface area contributed by atoms with E-state index < -0.39 is 6.04 Å². The highest BCUT2D eigenvalue weighted by Gasteiger charge is 2.38. The van der Waals surface area contributed by atoms with Crippen LogP contribution in [0.4, 0.5) is 0 Å². The number of hydrogen-bond donors (Lipinski definition) is 0. The summed E-state index contributed by atoms with van der Waals surface area (Å²) < 4.78 is 0. The zero-order chi connectivity index (χ0) is 15.5. The molecule has 1 saturated heterocycles. The smallest absolute Gasteiger partial charge is 0.250 e. The largest absolute Gasteiger partial charge is 0.341 e. The van der Waals surface area contributed by atoms with Crippen molar-refractivity contribution in [1.82, 2.24) is 9.80 Å². The highest BCUT2D eigenvalue weighted by atomic mass is 16.2. The molecule has 0 aromatic heterocycles. The molecule has 118 valence electrons. The van der Waals surface area contributed by atoms with Gasteiger partial charge in [-0.1, -0.05) is 37.1 Å². The molecule has 1 unspecified atom stereocenters. The van der Waals surface area contributed by atoms with Crippen LogP contribution in [-0.2, 0) is 16.0 Å². The van der Waals surface area contributed by atoms with Gasteiger partial charge in [0.2, 0.25) is 11.8 Å². The molecule has 1 fully saturated rings. The van der Waals surface area contributed by atoms with Gasteiger partial charge in [0.25, 0.3) is 0 Å². The molecular weight excluding hydrogens is 276 g/mol. The summed E-state index contributed by atoms with van der Waals surface area (Å²) in [6.07, 6.45) is 4.94. The van der Waals surface area contributed by atoms with Crippen LogP contribution >= 0.6 is 0 Å². The summed E-state index contributed by atoms with van der Waals surface area (Å²) in [5, 5.41) is 0. The normalized spacial score (nSPS) is 22.2. The molecule has 0 bridgehead atoms. The van der Waals surface area contributed by atoms with Crippen molar-refractivity contribution in [3.05, 3.63) is 35.4 Å². The Labute approximate surface area is 132 Å². The van der Waals surface area contributed by atoms with Crippen molar-refractivity contribution in [3.63, 3.8) is 0 Å². The van der Waals surface area contributed by atoms with Gasteiger partial charge in [-0.25, -0.2) is 0 Å². The van der Waals surface area contributed by atoms with E-state index in [9.17, 15) is 9.59 Å². The number of likely N-dealkylation sites (tertiary alicyclic amines) is 1. The first-order valence-electron chi connectivity index (χ1n) is 8.38. The Morgan fingerprint density at radius 1 is 1.14 bits per heavy atom. The summed E-state index contributed by atoms with van der Waals surface area (Å²) in [6.45, 7) is 4.18. The van der Waals surface area contributed by atoms with Gasteiger partial charge >= 0.3 is 0 Å². The first-order chi connectivity index (χ1) is 10.7. The number of rotatable bonds is 2. The molecule has 2 aliphatic heterocycles. The predicted molar refractivity (Wildman–Crippen MR) is 85.3 cm³/mol. The maximum Gasteiger partial charge on any atom is 0.250 e. The Morgan fingerprint density at radius 3 is 2.50 bits per heavy atom. The first-order valence-corrected chi connectivity index (χ1v) is 8.38. The fraction of sp³-hybridized carbons (Fsp3) is 0.556. The van der Waals surface area contributed by atoms with Gasteiger partial charge in [0.05, 0.1) is 6.42 Å². The van der Waals surface area contributed by atoms with Gasteiger partial charge in [-0.05, 0) is 30.9 Å². The predicted octanol–water partition coefficient (Wildman–Crippen LogP) is 2.53. The van der Waals surface area contributed by atoms with Gasteiger partial charge < -0.3 is 9.80 Å². The van der Waals surface area contributed by atoms with E-state index in [1.807, 2.05) is 36.1 Å². The molecule has 3 rings (SSSR count). The van der Waals surface area contributed by atoms with Crippen LogP contribution in [0.2, 0.25) is 0 Å². The fourth-order valence-electron chi connectivity index (χ4n) is 3.63. The lowest BCUT2D eigenvalue weighted by molar-refractivity contribution is -0.146. The van der Waals surface area contributed by atoms with Crippen LogP contribution in [0, 0.1) is 0 Å². The summed E-state index contributed by atoms with van der Waals surface area (Å²) in [5.41, 5.74) is 2.02. The molecule has 22 heavy (non-hydrogen) atoms.